The van der Waals surface area contributed by atoms with E-state index in [0.29, 0.717) is 22.0 Å². The van der Waals surface area contributed by atoms with Crippen molar-refractivity contribution in [1.29, 1.82) is 0 Å². The maximum atomic E-state index is 12.8. The third-order valence-electron chi connectivity index (χ3n) is 4.50. The number of hydrogen-bond donors (Lipinski definition) is 2. The Balaban J connectivity index is 1.66. The molecule has 4 aromatic rings. The molecule has 0 fully saturated rings. The van der Waals surface area contributed by atoms with Gasteiger partial charge in [0.25, 0.3) is 5.56 Å². The molecule has 1 amide bonds. The number of benzene rings is 2. The highest BCUT2D eigenvalue weighted by Crippen LogP contribution is 2.27. The second-order valence-electron chi connectivity index (χ2n) is 6.46. The summed E-state index contributed by atoms with van der Waals surface area (Å²) in [6.45, 7) is 1.75. The van der Waals surface area contributed by atoms with E-state index in [1.807, 2.05) is 25.1 Å². The Labute approximate surface area is 164 Å². The summed E-state index contributed by atoms with van der Waals surface area (Å²) in [5, 5.41) is 8.99. The van der Waals surface area contributed by atoms with Gasteiger partial charge in [-0.25, -0.2) is 4.68 Å². The van der Waals surface area contributed by atoms with Gasteiger partial charge in [-0.3, -0.25) is 9.59 Å². The van der Waals surface area contributed by atoms with Crippen molar-refractivity contribution < 1.29 is 9.53 Å². The van der Waals surface area contributed by atoms with E-state index in [9.17, 15) is 9.59 Å². The molecular weight excluding hydrogens is 380 g/mol. The topological polar surface area (TPSA) is 89.0 Å². The van der Waals surface area contributed by atoms with Crippen LogP contribution >= 0.6 is 11.6 Å². The summed E-state index contributed by atoms with van der Waals surface area (Å²) < 4.78 is 6.34. The largest absolute Gasteiger partial charge is 0.495 e. The molecule has 0 spiro atoms. The van der Waals surface area contributed by atoms with Crippen LogP contribution in [0.1, 0.15) is 5.56 Å². The fourth-order valence-electron chi connectivity index (χ4n) is 3.15. The second kappa shape index (κ2) is 7.01. The number of aromatic nitrogens is 3. The highest BCUT2D eigenvalue weighted by molar-refractivity contribution is 6.31. The number of H-pyrrole nitrogens is 1. The van der Waals surface area contributed by atoms with E-state index < -0.39 is 5.91 Å². The van der Waals surface area contributed by atoms with Gasteiger partial charge in [0.2, 0.25) is 5.91 Å². The summed E-state index contributed by atoms with van der Waals surface area (Å²) in [5.41, 5.74) is 2.43. The predicted molar refractivity (Wildman–Crippen MR) is 109 cm³/mol. The number of methoxy groups -OCH3 is 1. The fraction of sp³-hybridized carbons (Fsp3) is 0.150. The zero-order valence-corrected chi connectivity index (χ0v) is 16.0. The zero-order valence-electron chi connectivity index (χ0n) is 15.2. The Morgan fingerprint density at radius 2 is 2.07 bits per heavy atom. The fourth-order valence-corrected chi connectivity index (χ4v) is 3.33. The first-order chi connectivity index (χ1) is 13.5. The van der Waals surface area contributed by atoms with E-state index in [1.165, 1.54) is 7.11 Å². The lowest BCUT2D eigenvalue weighted by Gasteiger charge is -2.11. The van der Waals surface area contributed by atoms with Crippen molar-refractivity contribution in [2.45, 2.75) is 13.5 Å². The van der Waals surface area contributed by atoms with Gasteiger partial charge in [0.1, 0.15) is 17.8 Å². The molecule has 0 atom stereocenters. The minimum Gasteiger partial charge on any atom is -0.495 e. The number of aromatic amines is 1. The third kappa shape index (κ3) is 3.20. The Morgan fingerprint density at radius 1 is 1.25 bits per heavy atom. The molecule has 0 bridgehead atoms. The Morgan fingerprint density at radius 3 is 2.86 bits per heavy atom. The summed E-state index contributed by atoms with van der Waals surface area (Å²) in [6, 6.07) is 10.8. The third-order valence-corrected chi connectivity index (χ3v) is 4.73. The second-order valence-corrected chi connectivity index (χ2v) is 6.90. The Hall–Kier alpha value is -3.32. The number of aryl methyl sites for hydroxylation is 1. The van der Waals surface area contributed by atoms with Gasteiger partial charge in [-0.2, -0.15) is 5.10 Å². The molecule has 142 valence electrons. The van der Waals surface area contributed by atoms with E-state index in [0.717, 1.165) is 26.5 Å². The van der Waals surface area contributed by atoms with Gasteiger partial charge in [0, 0.05) is 21.3 Å². The number of carbonyl (C=O) groups excluding carboxylic acids is 1. The molecule has 2 N–H and O–H groups in total. The predicted octanol–water partition coefficient (Wildman–Crippen LogP) is 3.49. The summed E-state index contributed by atoms with van der Waals surface area (Å²) >= 11 is 5.98. The monoisotopic (exact) mass is 396 g/mol. The zero-order chi connectivity index (χ0) is 19.8. The molecule has 0 unspecified atom stereocenters. The van der Waals surface area contributed by atoms with Crippen LogP contribution in [0.5, 0.6) is 5.75 Å². The van der Waals surface area contributed by atoms with Crippen molar-refractivity contribution in [1.82, 2.24) is 14.8 Å². The number of carbonyl (C=O) groups is 1. The maximum absolute atomic E-state index is 12.8. The molecule has 0 saturated carbocycles. The smallest absolute Gasteiger partial charge is 0.291 e. The number of halogens is 1. The van der Waals surface area contributed by atoms with Crippen molar-refractivity contribution in [3.63, 3.8) is 0 Å². The van der Waals surface area contributed by atoms with Crippen molar-refractivity contribution >= 4 is 45.0 Å². The highest BCUT2D eigenvalue weighted by atomic mass is 35.5. The summed E-state index contributed by atoms with van der Waals surface area (Å²) in [4.78, 5) is 28.4. The van der Waals surface area contributed by atoms with Crippen LogP contribution < -0.4 is 15.6 Å². The van der Waals surface area contributed by atoms with Gasteiger partial charge < -0.3 is 15.0 Å². The number of rotatable bonds is 4. The van der Waals surface area contributed by atoms with Crippen LogP contribution in [0.2, 0.25) is 5.02 Å². The molecular formula is C20H17ClN4O3. The van der Waals surface area contributed by atoms with E-state index >= 15 is 0 Å². The van der Waals surface area contributed by atoms with Crippen LogP contribution in [0.3, 0.4) is 0 Å². The molecule has 28 heavy (non-hydrogen) atoms. The van der Waals surface area contributed by atoms with E-state index in [-0.39, 0.29) is 12.1 Å². The van der Waals surface area contributed by atoms with Crippen LogP contribution in [0.25, 0.3) is 21.8 Å². The quantitative estimate of drug-likeness (QED) is 0.552. The lowest BCUT2D eigenvalue weighted by molar-refractivity contribution is -0.117. The molecule has 0 radical (unpaired) electrons. The highest BCUT2D eigenvalue weighted by Gasteiger charge is 2.14. The molecule has 0 aliphatic rings. The first-order valence-corrected chi connectivity index (χ1v) is 8.95. The van der Waals surface area contributed by atoms with E-state index in [2.05, 4.69) is 15.4 Å². The van der Waals surface area contributed by atoms with Crippen molar-refractivity contribution in [3.05, 3.63) is 63.5 Å². The maximum Gasteiger partial charge on any atom is 0.291 e. The molecule has 0 saturated heterocycles. The van der Waals surface area contributed by atoms with Crippen molar-refractivity contribution in [2.24, 2.45) is 0 Å². The number of nitrogens with zero attached hydrogens (tertiary/aromatic N) is 2. The van der Waals surface area contributed by atoms with Gasteiger partial charge in [0.05, 0.1) is 19.0 Å². The lowest BCUT2D eigenvalue weighted by Crippen LogP contribution is -2.29. The molecule has 0 aliphatic heterocycles. The van der Waals surface area contributed by atoms with E-state index in [4.69, 9.17) is 16.3 Å². The van der Waals surface area contributed by atoms with Crippen LogP contribution in [0.4, 0.5) is 5.69 Å². The van der Waals surface area contributed by atoms with Gasteiger partial charge >= 0.3 is 0 Å². The Bertz CT molecular complexity index is 1280. The number of hydrogen-bond acceptors (Lipinski definition) is 4. The summed E-state index contributed by atoms with van der Waals surface area (Å²) in [5.74, 6) is 0.0565. The minimum absolute atomic E-state index is 0.237. The molecule has 4 rings (SSSR count). The van der Waals surface area contributed by atoms with Gasteiger partial charge in [0.15, 0.2) is 0 Å². The standard InChI is InChI=1S/C20H17ClN4O3/c1-11-3-5-15-13(7-11)14-9-22-25(20(27)19(14)24-15)10-18(26)23-16-8-12(21)4-6-17(16)28-2/h3-9,24H,10H2,1-2H3,(H,23,26). The van der Waals surface area contributed by atoms with Gasteiger partial charge in [-0.15, -0.1) is 0 Å². The molecule has 8 heteroatoms. The van der Waals surface area contributed by atoms with Crippen LogP contribution in [0.15, 0.2) is 47.4 Å². The van der Waals surface area contributed by atoms with Gasteiger partial charge in [-0.05, 0) is 37.3 Å². The number of amides is 1. The number of anilines is 1. The first kappa shape index (κ1) is 18.1. The number of ether oxygens (including phenoxy) is 1. The molecule has 2 heterocycles. The van der Waals surface area contributed by atoms with Crippen LogP contribution in [-0.2, 0) is 11.3 Å². The van der Waals surface area contributed by atoms with E-state index in [1.54, 1.807) is 24.4 Å². The normalized spacial score (nSPS) is 11.1. The molecule has 0 aliphatic carbocycles. The lowest BCUT2D eigenvalue weighted by atomic mass is 10.1. The summed E-state index contributed by atoms with van der Waals surface area (Å²) in [6.07, 6.45) is 1.60. The molecule has 2 aromatic heterocycles. The number of nitrogens with one attached hydrogen (secondary N) is 2. The van der Waals surface area contributed by atoms with Crippen molar-refractivity contribution in [3.8, 4) is 5.75 Å². The van der Waals surface area contributed by atoms with Crippen molar-refractivity contribution in [2.75, 3.05) is 12.4 Å². The Kier molecular flexibility index (Phi) is 4.52. The van der Waals surface area contributed by atoms with Crippen LogP contribution in [0, 0.1) is 6.92 Å². The van der Waals surface area contributed by atoms with Crippen LogP contribution in [-0.4, -0.2) is 27.8 Å². The average Bonchev–Trinajstić information content (AvgIpc) is 3.03. The molecule has 7 nitrogen and oxygen atoms in total. The average molecular weight is 397 g/mol. The van der Waals surface area contributed by atoms with Gasteiger partial charge in [-0.1, -0.05) is 23.2 Å². The SMILES string of the molecule is COc1ccc(Cl)cc1NC(=O)Cn1ncc2c([nH]c3ccc(C)cc32)c1=O. The number of fused-ring (bicyclic) bond motifs is 3. The minimum atomic E-state index is -0.415. The summed E-state index contributed by atoms with van der Waals surface area (Å²) in [7, 11) is 1.50. The first-order valence-electron chi connectivity index (χ1n) is 8.58. The molecule has 2 aromatic carbocycles.